The van der Waals surface area contributed by atoms with E-state index in [9.17, 15) is 4.79 Å². The lowest BCUT2D eigenvalue weighted by Crippen LogP contribution is -2.31. The molecule has 0 saturated carbocycles. The Bertz CT molecular complexity index is 348. The Morgan fingerprint density at radius 1 is 1.22 bits per heavy atom. The summed E-state index contributed by atoms with van der Waals surface area (Å²) in [6.45, 7) is 4.34. The van der Waals surface area contributed by atoms with Crippen LogP contribution in [-0.4, -0.2) is 26.0 Å². The molecule has 0 amide bonds. The maximum atomic E-state index is 11.4. The maximum absolute atomic E-state index is 11.4. The van der Waals surface area contributed by atoms with Crippen LogP contribution in [0.25, 0.3) is 0 Å². The molecule has 1 rings (SSSR count). The maximum Gasteiger partial charge on any atom is 0.335 e. The van der Waals surface area contributed by atoms with Crippen LogP contribution >= 0.6 is 0 Å². The van der Waals surface area contributed by atoms with Crippen LogP contribution in [0.4, 0.5) is 0 Å². The van der Waals surface area contributed by atoms with Crippen LogP contribution in [0.1, 0.15) is 19.4 Å². The Balaban J connectivity index is 2.29. The van der Waals surface area contributed by atoms with Gasteiger partial charge < -0.3 is 14.2 Å². The van der Waals surface area contributed by atoms with Crippen LogP contribution in [0.5, 0.6) is 0 Å². The van der Waals surface area contributed by atoms with Gasteiger partial charge in [0.2, 0.25) is 0 Å². The number of benzene rings is 1. The van der Waals surface area contributed by atoms with Crippen molar-refractivity contribution in [2.75, 3.05) is 13.9 Å². The lowest BCUT2D eigenvalue weighted by Gasteiger charge is -2.18. The number of hydrogen-bond acceptors (Lipinski definition) is 4. The van der Waals surface area contributed by atoms with Gasteiger partial charge in [-0.15, -0.1) is 0 Å². The van der Waals surface area contributed by atoms with E-state index in [4.69, 9.17) is 9.47 Å². The lowest BCUT2D eigenvalue weighted by molar-refractivity contribution is -0.170. The molecule has 0 radical (unpaired) electrons. The second-order valence-electron chi connectivity index (χ2n) is 4.31. The highest BCUT2D eigenvalue weighted by Crippen LogP contribution is 2.09. The zero-order valence-corrected chi connectivity index (χ0v) is 11.1. The number of methoxy groups -OCH3 is 1. The van der Waals surface area contributed by atoms with Crippen molar-refractivity contribution in [3.63, 3.8) is 0 Å². The third kappa shape index (κ3) is 4.85. The quantitative estimate of drug-likeness (QED) is 0.424. The molecule has 18 heavy (non-hydrogen) atoms. The van der Waals surface area contributed by atoms with Gasteiger partial charge in [0.05, 0.1) is 13.7 Å². The summed E-state index contributed by atoms with van der Waals surface area (Å²) in [5.74, 6) is -0.314. The molecule has 1 unspecified atom stereocenters. The number of rotatable bonds is 7. The topological polar surface area (TPSA) is 44.8 Å². The average molecular weight is 252 g/mol. The first kappa shape index (κ1) is 14.7. The predicted molar refractivity (Wildman–Crippen MR) is 67.8 cm³/mol. The van der Waals surface area contributed by atoms with Crippen LogP contribution in [0.3, 0.4) is 0 Å². The Kier molecular flexibility index (Phi) is 6.39. The fraction of sp³-hybridized carbons (Fsp3) is 0.500. The molecule has 0 bridgehead atoms. The molecule has 0 heterocycles. The zero-order valence-electron chi connectivity index (χ0n) is 11.1. The molecule has 0 aromatic heterocycles. The van der Waals surface area contributed by atoms with Gasteiger partial charge in [0.25, 0.3) is 0 Å². The van der Waals surface area contributed by atoms with Crippen LogP contribution in [-0.2, 0) is 25.6 Å². The standard InChI is InChI=1S/C14H20O4/c1-11(2)13(14(15)16-3)18-10-17-9-12-7-5-4-6-8-12/h4-8,11,13H,9-10H2,1-3H3. The molecule has 0 spiro atoms. The van der Waals surface area contributed by atoms with Gasteiger partial charge in [-0.3, -0.25) is 0 Å². The molecule has 0 aliphatic heterocycles. The summed E-state index contributed by atoms with van der Waals surface area (Å²) in [6.07, 6.45) is -0.578. The first-order chi connectivity index (χ1) is 8.65. The normalized spacial score (nSPS) is 12.4. The van der Waals surface area contributed by atoms with E-state index in [2.05, 4.69) is 4.74 Å². The molecule has 0 fully saturated rings. The van der Waals surface area contributed by atoms with Gasteiger partial charge in [-0.2, -0.15) is 0 Å². The molecule has 0 aliphatic carbocycles. The molecule has 4 nitrogen and oxygen atoms in total. The minimum Gasteiger partial charge on any atom is -0.467 e. The Morgan fingerprint density at radius 2 is 1.89 bits per heavy atom. The molecule has 0 aliphatic rings. The third-order valence-electron chi connectivity index (χ3n) is 2.48. The van der Waals surface area contributed by atoms with E-state index in [-0.39, 0.29) is 18.7 Å². The second kappa shape index (κ2) is 7.84. The Morgan fingerprint density at radius 3 is 2.44 bits per heavy atom. The van der Waals surface area contributed by atoms with E-state index in [0.29, 0.717) is 6.61 Å². The van der Waals surface area contributed by atoms with E-state index < -0.39 is 6.10 Å². The lowest BCUT2D eigenvalue weighted by atomic mass is 10.1. The highest BCUT2D eigenvalue weighted by molar-refractivity contribution is 5.74. The van der Waals surface area contributed by atoms with E-state index >= 15 is 0 Å². The van der Waals surface area contributed by atoms with Crippen molar-refractivity contribution in [1.29, 1.82) is 0 Å². The summed E-state index contributed by atoms with van der Waals surface area (Å²) in [5, 5.41) is 0. The number of ether oxygens (including phenoxy) is 3. The molecule has 0 saturated heterocycles. The second-order valence-corrected chi connectivity index (χ2v) is 4.31. The van der Waals surface area contributed by atoms with Crippen LogP contribution in [0.2, 0.25) is 0 Å². The Hall–Kier alpha value is -1.39. The summed E-state index contributed by atoms with van der Waals surface area (Å²) < 4.78 is 15.4. The van der Waals surface area contributed by atoms with Crippen molar-refractivity contribution in [2.45, 2.75) is 26.6 Å². The number of carbonyl (C=O) groups excluding carboxylic acids is 1. The largest absolute Gasteiger partial charge is 0.467 e. The van der Waals surface area contributed by atoms with Crippen molar-refractivity contribution in [1.82, 2.24) is 0 Å². The van der Waals surface area contributed by atoms with Gasteiger partial charge in [-0.1, -0.05) is 44.2 Å². The van der Waals surface area contributed by atoms with Crippen LogP contribution in [0.15, 0.2) is 30.3 Å². The fourth-order valence-electron chi connectivity index (χ4n) is 1.50. The van der Waals surface area contributed by atoms with Crippen molar-refractivity contribution >= 4 is 5.97 Å². The minimum atomic E-state index is -0.578. The van der Waals surface area contributed by atoms with E-state index in [1.54, 1.807) is 0 Å². The summed E-state index contributed by atoms with van der Waals surface area (Å²) in [6, 6.07) is 9.79. The SMILES string of the molecule is COC(=O)C(OCOCc1ccccc1)C(C)C. The van der Waals surface area contributed by atoms with Gasteiger partial charge in [-0.05, 0) is 11.5 Å². The van der Waals surface area contributed by atoms with Gasteiger partial charge in [0.15, 0.2) is 6.10 Å². The van der Waals surface area contributed by atoms with E-state index in [1.807, 2.05) is 44.2 Å². The highest BCUT2D eigenvalue weighted by Gasteiger charge is 2.23. The summed E-state index contributed by atoms with van der Waals surface area (Å²) in [4.78, 5) is 11.4. The molecule has 100 valence electrons. The van der Waals surface area contributed by atoms with E-state index in [1.165, 1.54) is 7.11 Å². The van der Waals surface area contributed by atoms with Gasteiger partial charge >= 0.3 is 5.97 Å². The average Bonchev–Trinajstić information content (AvgIpc) is 2.38. The monoisotopic (exact) mass is 252 g/mol. The molecule has 1 aromatic carbocycles. The Labute approximate surface area is 108 Å². The van der Waals surface area contributed by atoms with Gasteiger partial charge in [-0.25, -0.2) is 4.79 Å². The van der Waals surface area contributed by atoms with Gasteiger partial charge in [0, 0.05) is 0 Å². The smallest absolute Gasteiger partial charge is 0.335 e. The number of carbonyl (C=O) groups is 1. The van der Waals surface area contributed by atoms with Crippen molar-refractivity contribution in [3.8, 4) is 0 Å². The molecule has 0 N–H and O–H groups in total. The van der Waals surface area contributed by atoms with Crippen molar-refractivity contribution in [2.24, 2.45) is 5.92 Å². The third-order valence-corrected chi connectivity index (χ3v) is 2.48. The zero-order chi connectivity index (χ0) is 13.4. The summed E-state index contributed by atoms with van der Waals surface area (Å²) in [5.41, 5.74) is 1.07. The van der Waals surface area contributed by atoms with E-state index in [0.717, 1.165) is 5.56 Å². The minimum absolute atomic E-state index is 0.0535. The first-order valence-electron chi connectivity index (χ1n) is 5.96. The number of esters is 1. The summed E-state index contributed by atoms with van der Waals surface area (Å²) >= 11 is 0. The van der Waals surface area contributed by atoms with Crippen molar-refractivity contribution < 1.29 is 19.0 Å². The molecule has 1 atom stereocenters. The molecule has 4 heteroatoms. The number of hydrogen-bond donors (Lipinski definition) is 0. The predicted octanol–water partition coefficient (Wildman–Crippen LogP) is 2.37. The molecule has 1 aromatic rings. The van der Waals surface area contributed by atoms with Crippen molar-refractivity contribution in [3.05, 3.63) is 35.9 Å². The molecular weight excluding hydrogens is 232 g/mol. The highest BCUT2D eigenvalue weighted by atomic mass is 16.7. The fourth-order valence-corrected chi connectivity index (χ4v) is 1.50. The van der Waals surface area contributed by atoms with Crippen LogP contribution in [0, 0.1) is 5.92 Å². The first-order valence-corrected chi connectivity index (χ1v) is 5.96. The summed E-state index contributed by atoms with van der Waals surface area (Å²) in [7, 11) is 1.35. The molecular formula is C14H20O4. The van der Waals surface area contributed by atoms with Gasteiger partial charge in [0.1, 0.15) is 6.79 Å². The van der Waals surface area contributed by atoms with Crippen LogP contribution < -0.4 is 0 Å².